The second-order valence-electron chi connectivity index (χ2n) is 13.7. The first-order valence-corrected chi connectivity index (χ1v) is 21.4. The first kappa shape index (κ1) is 38.3. The van der Waals surface area contributed by atoms with Crippen LogP contribution in [-0.4, -0.2) is 128 Å². The van der Waals surface area contributed by atoms with Gasteiger partial charge in [-0.3, -0.25) is 19.2 Å². The maximum Gasteiger partial charge on any atom is 0.263 e. The predicted molar refractivity (Wildman–Crippen MR) is 204 cm³/mol. The van der Waals surface area contributed by atoms with Crippen LogP contribution in [0.25, 0.3) is 0 Å². The summed E-state index contributed by atoms with van der Waals surface area (Å²) in [7, 11) is 12.6. The minimum absolute atomic E-state index is 0.0777. The molecule has 6 saturated heterocycles. The van der Waals surface area contributed by atoms with E-state index in [0.717, 1.165) is 35.3 Å². The molecule has 12 nitrogen and oxygen atoms in total. The molecule has 2 aromatic rings. The third kappa shape index (κ3) is 7.14. The number of fused-ring (bicyclic) bond motifs is 9. The highest BCUT2D eigenvalue weighted by molar-refractivity contribution is 8.78. The second-order valence-corrected chi connectivity index (χ2v) is 19.2. The Balaban J connectivity index is 0.956. The highest BCUT2D eigenvalue weighted by atomic mass is 33.1. The second kappa shape index (κ2) is 15.5. The lowest BCUT2D eigenvalue weighted by atomic mass is 9.96. The van der Waals surface area contributed by atoms with Crippen LogP contribution in [0.15, 0.2) is 48.5 Å². The Labute approximate surface area is 315 Å². The largest absolute Gasteiger partial charge is 0.396 e. The van der Waals surface area contributed by atoms with Crippen LogP contribution in [0.3, 0.4) is 0 Å². The molecule has 6 heterocycles. The minimum Gasteiger partial charge on any atom is -0.396 e. The first-order chi connectivity index (χ1) is 24.4. The van der Waals surface area contributed by atoms with Gasteiger partial charge in [-0.15, -0.1) is 0 Å². The van der Waals surface area contributed by atoms with Crippen molar-refractivity contribution in [1.29, 1.82) is 0 Å². The molecule has 6 aliphatic rings. The van der Waals surface area contributed by atoms with E-state index in [9.17, 15) is 29.4 Å². The standard InChI is InChI=1S/C35H46N6O6S4/c1-38-29-15-27(21-42)30(45)40(3)34(31(38)46,50-48-29)17-24-7-11-26(12-8-24)20-37-14-13-36-19-25-9-5-23(6-10-25)16-33-18-28(44)39(2)35(22-43,51-49-33)32(47)41(33)4/h5-12,27,29,36-37,42-43H,13-22H2,1-4H3. The number of nitrogens with one attached hydrogen (secondary N) is 2. The summed E-state index contributed by atoms with van der Waals surface area (Å²) in [5, 5.41) is 26.7. The molecule has 4 N–H and O–H groups in total. The van der Waals surface area contributed by atoms with Crippen LogP contribution in [0, 0.1) is 5.92 Å². The van der Waals surface area contributed by atoms with Gasteiger partial charge in [-0.25, -0.2) is 0 Å². The number of aliphatic hydroxyl groups is 2. The summed E-state index contributed by atoms with van der Waals surface area (Å²) in [5.41, 5.74) is 4.26. The molecule has 5 atom stereocenters. The van der Waals surface area contributed by atoms with Crippen molar-refractivity contribution in [2.75, 3.05) is 54.5 Å². The first-order valence-electron chi connectivity index (χ1n) is 17.0. The molecular weight excluding hydrogens is 729 g/mol. The number of carbonyl (C=O) groups excluding carboxylic acids is 4. The smallest absolute Gasteiger partial charge is 0.263 e. The number of rotatable bonds is 13. The van der Waals surface area contributed by atoms with Crippen LogP contribution in [-0.2, 0) is 45.1 Å². The zero-order chi connectivity index (χ0) is 36.6. The number of amides is 4. The number of aliphatic hydroxyl groups excluding tert-OH is 2. The van der Waals surface area contributed by atoms with Crippen molar-refractivity contribution in [3.05, 3.63) is 70.8 Å². The van der Waals surface area contributed by atoms with Gasteiger partial charge in [0.25, 0.3) is 11.8 Å². The van der Waals surface area contributed by atoms with Gasteiger partial charge in [0.15, 0.2) is 4.87 Å². The fourth-order valence-corrected chi connectivity index (χ4v) is 14.3. The topological polar surface area (TPSA) is 146 Å². The van der Waals surface area contributed by atoms with Crippen molar-refractivity contribution in [3.8, 4) is 0 Å². The van der Waals surface area contributed by atoms with Crippen molar-refractivity contribution in [1.82, 2.24) is 30.2 Å². The lowest BCUT2D eigenvalue weighted by Gasteiger charge is -2.51. The maximum atomic E-state index is 13.6. The molecule has 16 heteroatoms. The molecule has 0 radical (unpaired) electrons. The molecule has 51 heavy (non-hydrogen) atoms. The molecule has 0 saturated carbocycles. The normalized spacial score (nSPS) is 29.5. The minimum atomic E-state index is -1.27. The Bertz CT molecular complexity index is 1640. The Kier molecular flexibility index (Phi) is 11.6. The molecule has 4 amide bonds. The van der Waals surface area contributed by atoms with E-state index in [1.807, 2.05) is 12.1 Å². The van der Waals surface area contributed by atoms with Gasteiger partial charge in [0, 0.05) is 67.2 Å². The quantitative estimate of drug-likeness (QED) is 0.175. The summed E-state index contributed by atoms with van der Waals surface area (Å²) in [4.78, 5) is 56.4. The predicted octanol–water partition coefficient (Wildman–Crippen LogP) is 2.10. The van der Waals surface area contributed by atoms with Crippen LogP contribution in [0.4, 0.5) is 0 Å². The number of hydrogen-bond donors (Lipinski definition) is 4. The van der Waals surface area contributed by atoms with Crippen molar-refractivity contribution in [3.63, 3.8) is 0 Å². The van der Waals surface area contributed by atoms with E-state index >= 15 is 0 Å². The van der Waals surface area contributed by atoms with Crippen molar-refractivity contribution >= 4 is 66.8 Å². The number of carbonyl (C=O) groups is 4. The Hall–Kier alpha value is -2.44. The van der Waals surface area contributed by atoms with Crippen molar-refractivity contribution in [2.24, 2.45) is 5.92 Å². The molecule has 5 unspecified atom stereocenters. The van der Waals surface area contributed by atoms with Gasteiger partial charge >= 0.3 is 0 Å². The molecule has 6 aliphatic heterocycles. The molecule has 2 aromatic carbocycles. The number of benzene rings is 2. The van der Waals surface area contributed by atoms with Gasteiger partial charge in [-0.05, 0) is 28.7 Å². The highest BCUT2D eigenvalue weighted by Gasteiger charge is 2.61. The van der Waals surface area contributed by atoms with Gasteiger partial charge in [0.1, 0.15) is 4.87 Å². The van der Waals surface area contributed by atoms with E-state index in [-0.39, 0.29) is 42.0 Å². The molecule has 0 aliphatic carbocycles. The summed E-state index contributed by atoms with van der Waals surface area (Å²) in [6.07, 6.45) is 1.55. The van der Waals surface area contributed by atoms with E-state index in [1.165, 1.54) is 37.3 Å². The number of nitrogens with zero attached hydrogens (tertiary/aromatic N) is 4. The molecule has 276 valence electrons. The van der Waals surface area contributed by atoms with Crippen LogP contribution in [0.1, 0.15) is 35.1 Å². The fraction of sp³-hybridized carbons (Fsp3) is 0.543. The Morgan fingerprint density at radius 3 is 1.84 bits per heavy atom. The monoisotopic (exact) mass is 774 g/mol. The Morgan fingerprint density at radius 2 is 1.27 bits per heavy atom. The van der Waals surface area contributed by atoms with Gasteiger partial charge in [0.05, 0.1) is 30.9 Å². The number of likely N-dealkylation sites (N-methyl/N-ethyl adjacent to an activating group) is 4. The van der Waals surface area contributed by atoms with Crippen LogP contribution in [0.2, 0.25) is 0 Å². The average Bonchev–Trinajstić information content (AvgIpc) is 3.27. The van der Waals surface area contributed by atoms with E-state index in [1.54, 1.807) is 53.7 Å². The summed E-state index contributed by atoms with van der Waals surface area (Å²) in [5.74, 6) is -1.17. The molecule has 6 fully saturated rings. The fourth-order valence-electron chi connectivity index (χ4n) is 7.00. The average molecular weight is 775 g/mol. The van der Waals surface area contributed by atoms with Crippen molar-refractivity contribution in [2.45, 2.75) is 58.8 Å². The van der Waals surface area contributed by atoms with Gasteiger partial charge in [-0.2, -0.15) is 0 Å². The number of hydrogen-bond acceptors (Lipinski definition) is 12. The summed E-state index contributed by atoms with van der Waals surface area (Å²) in [6.45, 7) is 2.29. The van der Waals surface area contributed by atoms with Crippen molar-refractivity contribution < 1.29 is 29.4 Å². The van der Waals surface area contributed by atoms with Crippen LogP contribution in [0.5, 0.6) is 0 Å². The van der Waals surface area contributed by atoms with Gasteiger partial charge in [0.2, 0.25) is 16.7 Å². The van der Waals surface area contributed by atoms with E-state index in [2.05, 4.69) is 47.0 Å². The third-order valence-electron chi connectivity index (χ3n) is 10.6. The molecular formula is C35H46N6O6S4. The highest BCUT2D eigenvalue weighted by Crippen LogP contribution is 2.57. The van der Waals surface area contributed by atoms with Crippen LogP contribution < -0.4 is 10.6 Å². The SMILES string of the molecule is CN1C(=O)C2(Cc3ccc(CNCCNCc4ccc(CC56CC(=O)N(C)C(CO)(SS5)C(=O)N6C)cc4)cc3)SSC1CC(CO)C(=O)N2C. The zero-order valence-corrected chi connectivity index (χ0v) is 32.6. The van der Waals surface area contributed by atoms with E-state index in [4.69, 9.17) is 0 Å². The molecule has 4 bridgehead atoms. The summed E-state index contributed by atoms with van der Waals surface area (Å²) >= 11 is 0. The molecule has 8 rings (SSSR count). The summed E-state index contributed by atoms with van der Waals surface area (Å²) < 4.78 is 0. The third-order valence-corrected chi connectivity index (χ3v) is 17.9. The molecule has 0 spiro atoms. The van der Waals surface area contributed by atoms with Gasteiger partial charge < -0.3 is 40.4 Å². The lowest BCUT2D eigenvalue weighted by Crippen LogP contribution is -2.65. The van der Waals surface area contributed by atoms with Crippen LogP contribution >= 0.6 is 43.2 Å². The zero-order valence-electron chi connectivity index (χ0n) is 29.3. The van der Waals surface area contributed by atoms with Gasteiger partial charge in [-0.1, -0.05) is 91.7 Å². The maximum absolute atomic E-state index is 13.6. The lowest BCUT2D eigenvalue weighted by molar-refractivity contribution is -0.152. The summed E-state index contributed by atoms with van der Waals surface area (Å²) in [6, 6.07) is 16.4. The van der Waals surface area contributed by atoms with E-state index in [0.29, 0.717) is 32.4 Å². The Morgan fingerprint density at radius 1 is 0.706 bits per heavy atom. The molecule has 0 aromatic heterocycles. The van der Waals surface area contributed by atoms with E-state index < -0.39 is 27.1 Å².